The second-order valence-corrected chi connectivity index (χ2v) is 6.38. The Bertz CT molecular complexity index is 331. The van der Waals surface area contributed by atoms with Crippen LogP contribution in [-0.4, -0.2) is 38.2 Å². The first-order chi connectivity index (χ1) is 6.57. The number of halogens is 1. The highest BCUT2D eigenvalue weighted by Crippen LogP contribution is 2.22. The maximum Gasteiger partial charge on any atom is 0.173 e. The topological polar surface area (TPSA) is 37.4 Å². The van der Waals surface area contributed by atoms with Crippen LogP contribution in [0.3, 0.4) is 0 Å². The summed E-state index contributed by atoms with van der Waals surface area (Å²) in [6.07, 6.45) is 4.24. The van der Waals surface area contributed by atoms with E-state index in [1.54, 1.807) is 0 Å². The van der Waals surface area contributed by atoms with Gasteiger partial charge in [0, 0.05) is 11.4 Å². The average molecular weight is 251 g/mol. The van der Waals surface area contributed by atoms with Crippen LogP contribution >= 0.6 is 0 Å². The summed E-state index contributed by atoms with van der Waals surface area (Å²) in [5, 5.41) is 1.37. The molecule has 2 aliphatic heterocycles. The predicted octanol–water partition coefficient (Wildman–Crippen LogP) is -1.97. The normalized spacial score (nSPS) is 31.4. The highest BCUT2D eigenvalue weighted by Gasteiger charge is 2.28. The highest BCUT2D eigenvalue weighted by molar-refractivity contribution is 7.94. The van der Waals surface area contributed by atoms with Crippen LogP contribution in [0.1, 0.15) is 19.8 Å². The van der Waals surface area contributed by atoms with Crippen LogP contribution in [0.2, 0.25) is 0 Å². The molecule has 0 N–H and O–H groups in total. The van der Waals surface area contributed by atoms with Crippen molar-refractivity contribution in [2.24, 2.45) is 5.92 Å². The molecule has 2 heterocycles. The van der Waals surface area contributed by atoms with Crippen LogP contribution < -0.4 is 12.4 Å². The largest absolute Gasteiger partial charge is 1.00 e. The van der Waals surface area contributed by atoms with Crippen LogP contribution in [0.4, 0.5) is 0 Å². The molecule has 0 aromatic carbocycles. The van der Waals surface area contributed by atoms with Crippen molar-refractivity contribution in [1.29, 1.82) is 0 Å². The maximum atomic E-state index is 11.2. The molecule has 0 saturated carbocycles. The first-order valence-corrected chi connectivity index (χ1v) is 6.93. The zero-order chi connectivity index (χ0) is 10.2. The number of hydrogen-bond donors (Lipinski definition) is 0. The van der Waals surface area contributed by atoms with E-state index in [1.807, 2.05) is 6.08 Å². The molecule has 0 aromatic heterocycles. The monoisotopic (exact) mass is 250 g/mol. The van der Waals surface area contributed by atoms with Crippen molar-refractivity contribution in [3.8, 4) is 0 Å². The summed E-state index contributed by atoms with van der Waals surface area (Å²) in [5.74, 6) is 1.09. The lowest BCUT2D eigenvalue weighted by atomic mass is 9.98. The van der Waals surface area contributed by atoms with Crippen molar-refractivity contribution in [3.05, 3.63) is 11.5 Å². The van der Waals surface area contributed by atoms with Gasteiger partial charge in [-0.25, -0.2) is 8.42 Å². The first-order valence-electron chi connectivity index (χ1n) is 5.22. The van der Waals surface area contributed by atoms with E-state index in [0.717, 1.165) is 19.0 Å². The molecular weight excluding hydrogens is 234 g/mol. The Kier molecular flexibility index (Phi) is 4.20. The van der Waals surface area contributed by atoms with E-state index < -0.39 is 9.84 Å². The van der Waals surface area contributed by atoms with Gasteiger partial charge in [0.25, 0.3) is 0 Å². The zero-order valence-electron chi connectivity index (χ0n) is 8.89. The van der Waals surface area contributed by atoms with Crippen LogP contribution in [0.5, 0.6) is 0 Å². The smallest absolute Gasteiger partial charge is 0.173 e. The van der Waals surface area contributed by atoms with Crippen LogP contribution in [0.15, 0.2) is 11.5 Å². The first kappa shape index (κ1) is 13.0. The van der Waals surface area contributed by atoms with E-state index >= 15 is 0 Å². The van der Waals surface area contributed by atoms with Gasteiger partial charge in [0.15, 0.2) is 9.84 Å². The molecule has 0 radical (unpaired) electrons. The Hall–Kier alpha value is -0.0600. The zero-order valence-corrected chi connectivity index (χ0v) is 10.5. The quantitative estimate of drug-likeness (QED) is 0.542. The summed E-state index contributed by atoms with van der Waals surface area (Å²) in [6.45, 7) is 4.36. The average Bonchev–Trinajstić information content (AvgIpc) is 2.47. The fourth-order valence-corrected chi connectivity index (χ4v) is 3.48. The van der Waals surface area contributed by atoms with Gasteiger partial charge in [0.2, 0.25) is 0 Å². The standard InChI is InChI=1S/C10H17NO2S.ClH/c1-9-2-5-11(6-3-9)10-4-7-14(12,13)8-10;/h4,7,9-10H,2-3,5-6,8H2,1H3;1H/p-1. The van der Waals surface area contributed by atoms with Gasteiger partial charge in [0.1, 0.15) is 0 Å². The Morgan fingerprint density at radius 1 is 1.27 bits per heavy atom. The second kappa shape index (κ2) is 4.85. The molecule has 0 spiro atoms. The maximum absolute atomic E-state index is 11.2. The third-order valence-corrected chi connectivity index (χ3v) is 4.58. The minimum atomic E-state index is -2.88. The third-order valence-electron chi connectivity index (χ3n) is 3.20. The molecule has 2 aliphatic rings. The van der Waals surface area contributed by atoms with Gasteiger partial charge >= 0.3 is 0 Å². The molecule has 0 aromatic rings. The lowest BCUT2D eigenvalue weighted by Crippen LogP contribution is -3.00. The summed E-state index contributed by atoms with van der Waals surface area (Å²) in [5.41, 5.74) is 0. The van der Waals surface area contributed by atoms with Crippen LogP contribution in [0, 0.1) is 5.92 Å². The highest BCUT2D eigenvalue weighted by atomic mass is 35.5. The van der Waals surface area contributed by atoms with Gasteiger partial charge in [0.05, 0.1) is 5.75 Å². The van der Waals surface area contributed by atoms with E-state index in [0.29, 0.717) is 5.75 Å². The molecule has 1 saturated heterocycles. The van der Waals surface area contributed by atoms with Crippen molar-refractivity contribution >= 4 is 9.84 Å². The van der Waals surface area contributed by atoms with E-state index in [-0.39, 0.29) is 18.4 Å². The summed E-state index contributed by atoms with van der Waals surface area (Å²) in [4.78, 5) is 2.29. The minimum absolute atomic E-state index is 0. The van der Waals surface area contributed by atoms with Gasteiger partial charge in [-0.3, -0.25) is 4.90 Å². The van der Waals surface area contributed by atoms with Crippen LogP contribution in [0.25, 0.3) is 0 Å². The number of sulfone groups is 1. The number of hydrogen-bond acceptors (Lipinski definition) is 3. The molecule has 0 bridgehead atoms. The third kappa shape index (κ3) is 3.20. The van der Waals surface area contributed by atoms with Gasteiger partial charge in [-0.2, -0.15) is 0 Å². The van der Waals surface area contributed by atoms with Gasteiger partial charge in [-0.15, -0.1) is 0 Å². The molecule has 1 unspecified atom stereocenters. The molecule has 0 aliphatic carbocycles. The van der Waals surface area contributed by atoms with Crippen molar-refractivity contribution in [2.45, 2.75) is 25.8 Å². The number of nitrogens with zero attached hydrogens (tertiary/aromatic N) is 1. The second-order valence-electron chi connectivity index (χ2n) is 4.44. The summed E-state index contributed by atoms with van der Waals surface area (Å²) >= 11 is 0. The van der Waals surface area contributed by atoms with Gasteiger partial charge < -0.3 is 12.4 Å². The number of rotatable bonds is 1. The predicted molar refractivity (Wildman–Crippen MR) is 56.7 cm³/mol. The van der Waals surface area contributed by atoms with Crippen molar-refractivity contribution in [3.63, 3.8) is 0 Å². The SMILES string of the molecule is CC1CCN(C2C=CS(=O)(=O)C2)CC1.[Cl-]. The van der Waals surface area contributed by atoms with Crippen molar-refractivity contribution in [1.82, 2.24) is 4.90 Å². The van der Waals surface area contributed by atoms with E-state index in [1.165, 1.54) is 18.2 Å². The van der Waals surface area contributed by atoms with E-state index in [9.17, 15) is 8.42 Å². The Balaban J connectivity index is 0.00000112. The minimum Gasteiger partial charge on any atom is -1.00 e. The molecule has 1 fully saturated rings. The molecule has 15 heavy (non-hydrogen) atoms. The molecule has 2 rings (SSSR count). The Labute approximate surface area is 97.9 Å². The van der Waals surface area contributed by atoms with Crippen LogP contribution in [-0.2, 0) is 9.84 Å². The lowest BCUT2D eigenvalue weighted by Gasteiger charge is -2.33. The number of likely N-dealkylation sites (tertiary alicyclic amines) is 1. The summed E-state index contributed by atoms with van der Waals surface area (Å²) in [7, 11) is -2.88. The molecule has 5 heteroatoms. The molecule has 88 valence electrons. The van der Waals surface area contributed by atoms with E-state index in [2.05, 4.69) is 11.8 Å². The molecule has 0 amide bonds. The van der Waals surface area contributed by atoms with Gasteiger partial charge in [-0.05, 0) is 31.8 Å². The molecular formula is C10H17ClNO2S-. The fourth-order valence-electron chi connectivity index (χ4n) is 2.15. The molecule has 1 atom stereocenters. The lowest BCUT2D eigenvalue weighted by molar-refractivity contribution is -0.00000559. The molecule has 3 nitrogen and oxygen atoms in total. The summed E-state index contributed by atoms with van der Waals surface area (Å²) in [6, 6.07) is 0.146. The number of piperidine rings is 1. The Morgan fingerprint density at radius 2 is 1.87 bits per heavy atom. The van der Waals surface area contributed by atoms with Crippen molar-refractivity contribution in [2.75, 3.05) is 18.8 Å². The van der Waals surface area contributed by atoms with E-state index in [4.69, 9.17) is 0 Å². The van der Waals surface area contributed by atoms with Crippen molar-refractivity contribution < 1.29 is 20.8 Å². The fraction of sp³-hybridized carbons (Fsp3) is 0.800. The Morgan fingerprint density at radius 3 is 2.33 bits per heavy atom. The van der Waals surface area contributed by atoms with Gasteiger partial charge in [-0.1, -0.05) is 13.0 Å². The summed E-state index contributed by atoms with van der Waals surface area (Å²) < 4.78 is 22.5.